The number of nitrogens with two attached hydrogens (primary N) is 1. The predicted octanol–water partition coefficient (Wildman–Crippen LogP) is 1.70. The molecule has 0 aliphatic heterocycles. The Morgan fingerprint density at radius 1 is 1.35 bits per heavy atom. The molecule has 1 saturated carbocycles. The molecule has 2 heterocycles. The minimum atomic E-state index is -0.735. The maximum atomic E-state index is 13.5. The van der Waals surface area contributed by atoms with Crippen molar-refractivity contribution in [2.75, 3.05) is 11.9 Å². The largest absolute Gasteiger partial charge is 0.446 e. The molecular formula is C15H14BrFN6O3. The zero-order chi connectivity index (χ0) is 18.4. The van der Waals surface area contributed by atoms with E-state index in [0.29, 0.717) is 11.5 Å². The molecule has 1 fully saturated rings. The molecule has 1 aliphatic rings. The Morgan fingerprint density at radius 2 is 2.12 bits per heavy atom. The van der Waals surface area contributed by atoms with Crippen molar-refractivity contribution in [2.45, 2.75) is 24.9 Å². The zero-order valence-electron chi connectivity index (χ0n) is 13.6. The summed E-state index contributed by atoms with van der Waals surface area (Å²) in [6, 6.07) is 4.46. The first-order valence-corrected chi connectivity index (χ1v) is 8.60. The van der Waals surface area contributed by atoms with Crippen molar-refractivity contribution in [1.29, 1.82) is 0 Å². The highest BCUT2D eigenvalue weighted by Gasteiger charge is 2.34. The summed E-state index contributed by atoms with van der Waals surface area (Å²) in [6.45, 7) is 0. The van der Waals surface area contributed by atoms with Gasteiger partial charge in [-0.3, -0.25) is 4.52 Å². The minimum Gasteiger partial charge on any atom is -0.352 e. The second kappa shape index (κ2) is 6.32. The Balaban J connectivity index is 1.78. The molecule has 0 atom stereocenters. The third-order valence-electron chi connectivity index (χ3n) is 4.48. The van der Waals surface area contributed by atoms with E-state index in [0.717, 1.165) is 12.8 Å². The first-order chi connectivity index (χ1) is 12.5. The summed E-state index contributed by atoms with van der Waals surface area (Å²) >= 11 is 3.10. The Kier molecular flexibility index (Phi) is 4.11. The molecule has 2 aromatic heterocycles. The summed E-state index contributed by atoms with van der Waals surface area (Å²) in [5.74, 6) is -0.657. The summed E-state index contributed by atoms with van der Waals surface area (Å²) in [5.41, 5.74) is 6.46. The highest BCUT2D eigenvalue weighted by Crippen LogP contribution is 2.32. The topological polar surface area (TPSA) is 116 Å². The highest BCUT2D eigenvalue weighted by atomic mass is 79.9. The van der Waals surface area contributed by atoms with E-state index in [1.165, 1.54) is 22.8 Å². The van der Waals surface area contributed by atoms with Crippen LogP contribution in [0.4, 0.5) is 10.2 Å². The summed E-state index contributed by atoms with van der Waals surface area (Å²) in [7, 11) is 1.84. The van der Waals surface area contributed by atoms with E-state index >= 15 is 0 Å². The van der Waals surface area contributed by atoms with E-state index in [9.17, 15) is 9.18 Å². The molecule has 1 aromatic carbocycles. The average Bonchev–Trinajstić information content (AvgIpc) is 3.20. The van der Waals surface area contributed by atoms with Gasteiger partial charge < -0.3 is 10.6 Å². The van der Waals surface area contributed by atoms with Crippen molar-refractivity contribution in [2.24, 2.45) is 5.73 Å². The molecule has 11 heteroatoms. The molecule has 26 heavy (non-hydrogen) atoms. The SMILES string of the molecule is CN(c1nonc1-c1noc(=O)n1-c1ccc(F)c(Br)c1)C1CC(N)C1. The Morgan fingerprint density at radius 3 is 2.81 bits per heavy atom. The van der Waals surface area contributed by atoms with E-state index in [2.05, 4.69) is 31.4 Å². The molecule has 0 unspecified atom stereocenters. The van der Waals surface area contributed by atoms with Gasteiger partial charge in [-0.25, -0.2) is 18.4 Å². The smallest absolute Gasteiger partial charge is 0.352 e. The number of anilines is 1. The lowest BCUT2D eigenvalue weighted by atomic mass is 9.86. The molecule has 0 amide bonds. The highest BCUT2D eigenvalue weighted by molar-refractivity contribution is 9.10. The van der Waals surface area contributed by atoms with Crippen molar-refractivity contribution in [3.63, 3.8) is 0 Å². The van der Waals surface area contributed by atoms with Crippen molar-refractivity contribution < 1.29 is 13.5 Å². The van der Waals surface area contributed by atoms with Crippen LogP contribution in [-0.4, -0.2) is 39.2 Å². The lowest BCUT2D eigenvalue weighted by Gasteiger charge is -2.39. The molecule has 0 saturated heterocycles. The van der Waals surface area contributed by atoms with E-state index in [1.54, 1.807) is 0 Å². The fraction of sp³-hybridized carbons (Fsp3) is 0.333. The number of halogens is 2. The lowest BCUT2D eigenvalue weighted by molar-refractivity contribution is 0.301. The molecule has 2 N–H and O–H groups in total. The van der Waals surface area contributed by atoms with Gasteiger partial charge in [-0.05, 0) is 57.3 Å². The molecule has 4 rings (SSSR count). The van der Waals surface area contributed by atoms with Gasteiger partial charge in [-0.15, -0.1) is 0 Å². The summed E-state index contributed by atoms with van der Waals surface area (Å²) in [6.07, 6.45) is 1.64. The van der Waals surface area contributed by atoms with Crippen molar-refractivity contribution in [3.8, 4) is 17.2 Å². The van der Waals surface area contributed by atoms with Gasteiger partial charge in [0.25, 0.3) is 0 Å². The zero-order valence-corrected chi connectivity index (χ0v) is 15.2. The van der Waals surface area contributed by atoms with Gasteiger partial charge in [0.15, 0.2) is 5.69 Å². The normalized spacial score (nSPS) is 19.4. The third kappa shape index (κ3) is 2.72. The molecule has 1 aliphatic carbocycles. The Bertz CT molecular complexity index is 1010. The maximum Gasteiger partial charge on any atom is 0.446 e. The van der Waals surface area contributed by atoms with Crippen LogP contribution in [0.3, 0.4) is 0 Å². The molecular weight excluding hydrogens is 411 g/mol. The standard InChI is InChI=1S/C15H14BrFN6O3/c1-22(9-4-7(18)5-9)13-12(19-26-21-13)14-20-25-15(24)23(14)8-2-3-11(17)10(16)6-8/h2-3,6-7,9H,4-5,18H2,1H3. The van der Waals surface area contributed by atoms with Crippen molar-refractivity contribution in [3.05, 3.63) is 39.0 Å². The molecule has 9 nitrogen and oxygen atoms in total. The third-order valence-corrected chi connectivity index (χ3v) is 5.09. The van der Waals surface area contributed by atoms with Crippen molar-refractivity contribution >= 4 is 21.7 Å². The van der Waals surface area contributed by atoms with Crippen molar-refractivity contribution in [1.82, 2.24) is 20.0 Å². The number of nitrogens with zero attached hydrogens (tertiary/aromatic N) is 5. The fourth-order valence-corrected chi connectivity index (χ4v) is 3.29. The monoisotopic (exact) mass is 424 g/mol. The molecule has 0 spiro atoms. The van der Waals surface area contributed by atoms with Crippen LogP contribution in [0.25, 0.3) is 17.2 Å². The van der Waals surface area contributed by atoms with Gasteiger partial charge in [0.2, 0.25) is 11.6 Å². The van der Waals surface area contributed by atoms with Crippen LogP contribution in [0.1, 0.15) is 12.8 Å². The van der Waals surface area contributed by atoms with Crippen LogP contribution in [0.2, 0.25) is 0 Å². The van der Waals surface area contributed by atoms with E-state index < -0.39 is 11.6 Å². The first kappa shape index (κ1) is 16.9. The quantitative estimate of drug-likeness (QED) is 0.672. The number of hydrogen-bond acceptors (Lipinski definition) is 8. The summed E-state index contributed by atoms with van der Waals surface area (Å²) < 4.78 is 24.6. The average molecular weight is 425 g/mol. The first-order valence-electron chi connectivity index (χ1n) is 7.81. The van der Waals surface area contributed by atoms with Crippen LogP contribution < -0.4 is 16.4 Å². The molecule has 136 valence electrons. The van der Waals surface area contributed by atoms with Gasteiger partial charge in [0.1, 0.15) is 5.82 Å². The maximum absolute atomic E-state index is 13.5. The summed E-state index contributed by atoms with van der Waals surface area (Å²) in [5, 5.41) is 11.6. The van der Waals surface area contributed by atoms with E-state index in [4.69, 9.17) is 14.9 Å². The van der Waals surface area contributed by atoms with Gasteiger partial charge in [0.05, 0.1) is 10.2 Å². The van der Waals surface area contributed by atoms with Gasteiger partial charge in [-0.1, -0.05) is 5.16 Å². The van der Waals surface area contributed by atoms with Crippen LogP contribution >= 0.6 is 15.9 Å². The number of rotatable bonds is 4. The lowest BCUT2D eigenvalue weighted by Crippen LogP contribution is -2.49. The second-order valence-corrected chi connectivity index (χ2v) is 6.99. The number of hydrogen-bond donors (Lipinski definition) is 1. The van der Waals surface area contributed by atoms with Crippen LogP contribution in [0.15, 0.2) is 36.6 Å². The van der Waals surface area contributed by atoms with Gasteiger partial charge in [-0.2, -0.15) is 0 Å². The number of benzene rings is 1. The van der Waals surface area contributed by atoms with E-state index in [-0.39, 0.29) is 28.1 Å². The van der Waals surface area contributed by atoms with E-state index in [1.807, 2.05) is 11.9 Å². The van der Waals surface area contributed by atoms with Crippen LogP contribution in [0.5, 0.6) is 0 Å². The fourth-order valence-electron chi connectivity index (χ4n) is 2.93. The molecule has 0 radical (unpaired) electrons. The van der Waals surface area contributed by atoms with Crippen LogP contribution in [-0.2, 0) is 0 Å². The van der Waals surface area contributed by atoms with Crippen LogP contribution in [0, 0.1) is 5.82 Å². The molecule has 0 bridgehead atoms. The minimum absolute atomic E-state index is 0.111. The Labute approximate surface area is 154 Å². The number of aromatic nitrogens is 4. The summed E-state index contributed by atoms with van der Waals surface area (Å²) in [4.78, 5) is 14.1. The van der Waals surface area contributed by atoms with Gasteiger partial charge >= 0.3 is 5.76 Å². The predicted molar refractivity (Wildman–Crippen MR) is 92.5 cm³/mol. The second-order valence-electron chi connectivity index (χ2n) is 6.14. The Hall–Kier alpha value is -2.53. The van der Waals surface area contributed by atoms with Gasteiger partial charge in [0, 0.05) is 19.1 Å². The molecule has 3 aromatic rings.